The Morgan fingerprint density at radius 1 is 1.50 bits per heavy atom. The van der Waals surface area contributed by atoms with Gasteiger partial charge in [-0.2, -0.15) is 5.26 Å². The quantitative estimate of drug-likeness (QED) is 0.332. The van der Waals surface area contributed by atoms with Gasteiger partial charge in [0.2, 0.25) is 0 Å². The summed E-state index contributed by atoms with van der Waals surface area (Å²) in [5.41, 5.74) is 0.971. The first kappa shape index (κ1) is 11.3. The van der Waals surface area contributed by atoms with Crippen molar-refractivity contribution in [2.75, 3.05) is 5.32 Å². The summed E-state index contributed by atoms with van der Waals surface area (Å²) in [5, 5.41) is 21.5. The van der Waals surface area contributed by atoms with Crippen LogP contribution in [0.15, 0.2) is 29.4 Å². The maximum absolute atomic E-state index is 11.1. The zero-order valence-electron chi connectivity index (χ0n) is 8.14. The van der Waals surface area contributed by atoms with E-state index in [9.17, 15) is 4.79 Å². The predicted octanol–water partition coefficient (Wildman–Crippen LogP) is 0.960. The fraction of sp³-hybridized carbons (Fsp3) is 0. The number of hydrogen-bond acceptors (Lipinski definition) is 4. The molecule has 0 heterocycles. The first-order chi connectivity index (χ1) is 7.77. The zero-order chi connectivity index (χ0) is 11.8. The van der Waals surface area contributed by atoms with Gasteiger partial charge in [-0.3, -0.25) is 4.79 Å². The number of nitrogens with one attached hydrogen (secondary N) is 1. The van der Waals surface area contributed by atoms with Gasteiger partial charge in [0.1, 0.15) is 6.21 Å². The average molecular weight is 213 g/mol. The number of hydrogen-bond donors (Lipinski definition) is 2. The first-order valence-electron chi connectivity index (χ1n) is 4.25. The Kier molecular flexibility index (Phi) is 4.12. The summed E-state index contributed by atoms with van der Waals surface area (Å²) in [5.74, 6) is 4.23. The van der Waals surface area contributed by atoms with Crippen LogP contribution in [-0.4, -0.2) is 17.3 Å². The van der Waals surface area contributed by atoms with Crippen molar-refractivity contribution >= 4 is 17.8 Å². The largest absolute Gasteiger partial charge is 0.411 e. The van der Waals surface area contributed by atoms with Crippen LogP contribution in [0.2, 0.25) is 0 Å². The zero-order valence-corrected chi connectivity index (χ0v) is 8.14. The van der Waals surface area contributed by atoms with Gasteiger partial charge in [0.05, 0.1) is 5.69 Å². The first-order valence-corrected chi connectivity index (χ1v) is 4.25. The third-order valence-electron chi connectivity index (χ3n) is 1.61. The van der Waals surface area contributed by atoms with Gasteiger partial charge in [0.25, 0.3) is 5.91 Å². The molecule has 1 rings (SSSR count). The van der Waals surface area contributed by atoms with E-state index in [1.807, 2.05) is 0 Å². The van der Waals surface area contributed by atoms with E-state index in [-0.39, 0.29) is 0 Å². The molecule has 0 aliphatic carbocycles. The molecule has 0 spiro atoms. The molecule has 78 valence electrons. The maximum Gasteiger partial charge on any atom is 0.270 e. The third-order valence-corrected chi connectivity index (χ3v) is 1.61. The van der Waals surface area contributed by atoms with E-state index in [1.165, 1.54) is 0 Å². The van der Waals surface area contributed by atoms with E-state index in [4.69, 9.17) is 10.5 Å². The Hall–Kier alpha value is -2.79. The van der Waals surface area contributed by atoms with Crippen LogP contribution in [0.5, 0.6) is 0 Å². The van der Waals surface area contributed by atoms with Crippen molar-refractivity contribution < 1.29 is 10.0 Å². The molecule has 16 heavy (non-hydrogen) atoms. The molecule has 2 N–H and O–H groups in total. The highest BCUT2D eigenvalue weighted by Crippen LogP contribution is 2.12. The van der Waals surface area contributed by atoms with Crippen LogP contribution in [0.4, 0.5) is 5.69 Å². The lowest BCUT2D eigenvalue weighted by Crippen LogP contribution is -2.13. The molecule has 0 saturated carbocycles. The summed E-state index contributed by atoms with van der Waals surface area (Å²) in [4.78, 5) is 11.1. The lowest BCUT2D eigenvalue weighted by atomic mass is 10.2. The maximum atomic E-state index is 11.1. The van der Waals surface area contributed by atoms with Gasteiger partial charge in [-0.15, -0.1) is 0 Å². The van der Waals surface area contributed by atoms with Crippen LogP contribution in [0, 0.1) is 23.2 Å². The Bertz CT molecular complexity index is 518. The van der Waals surface area contributed by atoms with E-state index >= 15 is 0 Å². The van der Waals surface area contributed by atoms with Gasteiger partial charge in [-0.1, -0.05) is 17.3 Å². The highest BCUT2D eigenvalue weighted by molar-refractivity contribution is 6.31. The monoisotopic (exact) mass is 213 g/mol. The number of amides is 1. The molecule has 0 atom stereocenters. The molecule has 0 fully saturated rings. The highest BCUT2D eigenvalue weighted by Gasteiger charge is 2.02. The summed E-state index contributed by atoms with van der Waals surface area (Å²) in [6, 6.07) is 8.42. The van der Waals surface area contributed by atoms with Crippen LogP contribution < -0.4 is 5.32 Å². The van der Waals surface area contributed by atoms with E-state index in [0.717, 1.165) is 6.21 Å². The molecule has 0 unspecified atom stereocenters. The molecule has 0 saturated heterocycles. The molecule has 0 aromatic heterocycles. The molecule has 1 aromatic carbocycles. The number of carbonyl (C=O) groups is 1. The molecular weight excluding hydrogens is 206 g/mol. The number of para-hydroxylation sites is 1. The molecular formula is C11H7N3O2. The summed E-state index contributed by atoms with van der Waals surface area (Å²) < 4.78 is 0. The lowest BCUT2D eigenvalue weighted by molar-refractivity contribution is -0.110. The predicted molar refractivity (Wildman–Crippen MR) is 57.8 cm³/mol. The van der Waals surface area contributed by atoms with Crippen molar-refractivity contribution in [2.24, 2.45) is 5.16 Å². The number of benzene rings is 1. The van der Waals surface area contributed by atoms with Gasteiger partial charge in [-0.05, 0) is 18.1 Å². The minimum absolute atomic E-state index is 0.454. The van der Waals surface area contributed by atoms with Crippen LogP contribution in [0.25, 0.3) is 0 Å². The van der Waals surface area contributed by atoms with Crippen LogP contribution in [0.1, 0.15) is 5.56 Å². The van der Waals surface area contributed by atoms with Crippen molar-refractivity contribution in [3.8, 4) is 17.9 Å². The second kappa shape index (κ2) is 5.84. The number of nitriles is 1. The molecule has 0 bridgehead atoms. The van der Waals surface area contributed by atoms with Crippen LogP contribution in [0.3, 0.4) is 0 Å². The minimum Gasteiger partial charge on any atom is -0.411 e. The average Bonchev–Trinajstić information content (AvgIpc) is 2.28. The fourth-order valence-electron chi connectivity index (χ4n) is 1.01. The van der Waals surface area contributed by atoms with E-state index < -0.39 is 5.91 Å². The molecule has 0 radical (unpaired) electrons. The third kappa shape index (κ3) is 3.17. The van der Waals surface area contributed by atoms with Crippen molar-refractivity contribution in [2.45, 2.75) is 0 Å². The standard InChI is InChI=1S/C11H7N3O2/c12-7-3-5-9-4-1-2-6-10(9)14-11(15)8-13-16/h1-2,4,6,8,16H,(H,14,15). The molecule has 5 nitrogen and oxygen atoms in total. The molecule has 0 aliphatic rings. The highest BCUT2D eigenvalue weighted by atomic mass is 16.4. The Morgan fingerprint density at radius 3 is 2.94 bits per heavy atom. The minimum atomic E-state index is -0.575. The van der Waals surface area contributed by atoms with Crippen molar-refractivity contribution in [3.63, 3.8) is 0 Å². The van der Waals surface area contributed by atoms with Crippen LogP contribution >= 0.6 is 0 Å². The lowest BCUT2D eigenvalue weighted by Gasteiger charge is -2.03. The second-order valence-electron chi connectivity index (χ2n) is 2.64. The summed E-state index contributed by atoms with van der Waals surface area (Å²) >= 11 is 0. The number of oxime groups is 1. The topological polar surface area (TPSA) is 85.5 Å². The van der Waals surface area contributed by atoms with E-state index in [0.29, 0.717) is 11.3 Å². The van der Waals surface area contributed by atoms with Gasteiger partial charge in [0, 0.05) is 11.5 Å². The fourth-order valence-corrected chi connectivity index (χ4v) is 1.01. The van der Waals surface area contributed by atoms with Gasteiger partial charge < -0.3 is 10.5 Å². The van der Waals surface area contributed by atoms with E-state index in [2.05, 4.69) is 22.3 Å². The smallest absolute Gasteiger partial charge is 0.270 e. The summed E-state index contributed by atoms with van der Waals surface area (Å²) in [6.45, 7) is 0. The molecule has 1 amide bonds. The molecule has 1 aromatic rings. The van der Waals surface area contributed by atoms with Gasteiger partial charge in [0.15, 0.2) is 6.07 Å². The van der Waals surface area contributed by atoms with Gasteiger partial charge in [-0.25, -0.2) is 0 Å². The van der Waals surface area contributed by atoms with Gasteiger partial charge >= 0.3 is 0 Å². The Balaban J connectivity index is 2.96. The number of anilines is 1. The Morgan fingerprint density at radius 2 is 2.25 bits per heavy atom. The number of nitrogens with zero attached hydrogens (tertiary/aromatic N) is 2. The summed E-state index contributed by atoms with van der Waals surface area (Å²) in [6.07, 6.45) is 0.731. The number of rotatable bonds is 2. The number of carbonyl (C=O) groups excluding carboxylic acids is 1. The molecule has 5 heteroatoms. The van der Waals surface area contributed by atoms with Crippen molar-refractivity contribution in [1.29, 1.82) is 5.26 Å². The summed E-state index contributed by atoms with van der Waals surface area (Å²) in [7, 11) is 0. The van der Waals surface area contributed by atoms with Crippen molar-refractivity contribution in [1.82, 2.24) is 0 Å². The Labute approximate surface area is 92.0 Å². The van der Waals surface area contributed by atoms with Crippen molar-refractivity contribution in [3.05, 3.63) is 29.8 Å². The van der Waals surface area contributed by atoms with E-state index in [1.54, 1.807) is 30.3 Å². The normalized spacial score (nSPS) is 8.94. The second-order valence-corrected chi connectivity index (χ2v) is 2.64. The molecule has 0 aliphatic heterocycles. The SMILES string of the molecule is N#CC#Cc1ccccc1NC(=O)C=NO. The van der Waals surface area contributed by atoms with Crippen LogP contribution in [-0.2, 0) is 4.79 Å².